The Hall–Kier alpha value is -5.14. The quantitative estimate of drug-likeness (QED) is 0.163. The highest BCUT2D eigenvalue weighted by atomic mass is 16.5. The lowest BCUT2D eigenvalue weighted by Gasteiger charge is -2.23. The van der Waals surface area contributed by atoms with E-state index in [0.29, 0.717) is 0 Å². The molecule has 39 heavy (non-hydrogen) atoms. The number of hydrogen-bond donors (Lipinski definition) is 0. The summed E-state index contributed by atoms with van der Waals surface area (Å²) >= 11 is 0. The second kappa shape index (κ2) is 7.69. The Bertz CT molecular complexity index is 2310. The molecule has 1 aliphatic heterocycles. The molecule has 1 heteroatoms. The third kappa shape index (κ3) is 2.96. The molecule has 0 aromatic heterocycles. The first kappa shape index (κ1) is 20.9. The first-order valence-corrected chi connectivity index (χ1v) is 13.4. The fourth-order valence-electron chi connectivity index (χ4n) is 6.59. The Balaban J connectivity index is 1.32. The first-order chi connectivity index (χ1) is 19.3. The Morgan fingerprint density at radius 1 is 0.333 bits per heavy atom. The van der Waals surface area contributed by atoms with Gasteiger partial charge in [0.05, 0.1) is 0 Å². The molecule has 0 spiro atoms. The van der Waals surface area contributed by atoms with Gasteiger partial charge in [-0.25, -0.2) is 0 Å². The van der Waals surface area contributed by atoms with Crippen LogP contribution in [0.25, 0.3) is 76.1 Å². The molecule has 1 heterocycles. The predicted octanol–water partition coefficient (Wildman–Crippen LogP) is 10.9. The monoisotopic (exact) mass is 494 g/mol. The SMILES string of the molecule is c1ccc2cc3c(ccc4cccc(-c5ccc6c(c5)-c5cccc7c5c(cc5ccccc57)O6)c43)cc2c1. The van der Waals surface area contributed by atoms with E-state index in [-0.39, 0.29) is 0 Å². The van der Waals surface area contributed by atoms with Gasteiger partial charge in [0, 0.05) is 10.9 Å². The highest BCUT2D eigenvalue weighted by Crippen LogP contribution is 2.50. The first-order valence-electron chi connectivity index (χ1n) is 13.4. The predicted molar refractivity (Wildman–Crippen MR) is 165 cm³/mol. The van der Waals surface area contributed by atoms with Crippen LogP contribution in [0, 0.1) is 0 Å². The molecule has 0 saturated carbocycles. The number of ether oxygens (including phenoxy) is 1. The largest absolute Gasteiger partial charge is 0.456 e. The molecule has 0 N–H and O–H groups in total. The molecule has 0 radical (unpaired) electrons. The van der Waals surface area contributed by atoms with Crippen LogP contribution < -0.4 is 4.74 Å². The molecule has 0 bridgehead atoms. The fourth-order valence-corrected chi connectivity index (χ4v) is 6.59. The standard InChI is InChI=1S/C38H22O/c1-2-8-25-20-33-27(19-24(25)7-1)16-15-23-10-5-12-30(37(23)33)28-17-18-35-34(21-28)32-14-6-13-31-29-11-4-3-9-26(29)22-36(39-35)38(31)32/h1-22H. The van der Waals surface area contributed by atoms with E-state index in [9.17, 15) is 0 Å². The van der Waals surface area contributed by atoms with Gasteiger partial charge in [0.2, 0.25) is 0 Å². The molecule has 180 valence electrons. The van der Waals surface area contributed by atoms with Crippen molar-refractivity contribution < 1.29 is 4.74 Å². The van der Waals surface area contributed by atoms with E-state index in [2.05, 4.69) is 133 Å². The van der Waals surface area contributed by atoms with Crippen LogP contribution in [-0.4, -0.2) is 0 Å². The molecule has 0 aliphatic carbocycles. The lowest BCUT2D eigenvalue weighted by atomic mass is 9.88. The lowest BCUT2D eigenvalue weighted by Crippen LogP contribution is -1.98. The zero-order chi connectivity index (χ0) is 25.5. The topological polar surface area (TPSA) is 9.23 Å². The van der Waals surface area contributed by atoms with Crippen LogP contribution in [0.4, 0.5) is 0 Å². The number of hydrogen-bond acceptors (Lipinski definition) is 1. The Morgan fingerprint density at radius 2 is 1.03 bits per heavy atom. The van der Waals surface area contributed by atoms with Crippen LogP contribution in [0.5, 0.6) is 11.5 Å². The summed E-state index contributed by atoms with van der Waals surface area (Å²) < 4.78 is 6.55. The average Bonchev–Trinajstić information content (AvgIpc) is 2.99. The molecule has 0 amide bonds. The number of benzene rings is 8. The summed E-state index contributed by atoms with van der Waals surface area (Å²) in [6, 6.07) is 48.4. The van der Waals surface area contributed by atoms with E-state index in [1.165, 1.54) is 70.6 Å². The van der Waals surface area contributed by atoms with Crippen molar-refractivity contribution in [2.24, 2.45) is 0 Å². The van der Waals surface area contributed by atoms with Gasteiger partial charge < -0.3 is 4.74 Å². The Kier molecular flexibility index (Phi) is 4.11. The Labute approximate surface area is 225 Å². The van der Waals surface area contributed by atoms with E-state index in [1.54, 1.807) is 0 Å². The molecule has 9 rings (SSSR count). The summed E-state index contributed by atoms with van der Waals surface area (Å²) in [5, 5.41) is 12.5. The van der Waals surface area contributed by atoms with Crippen LogP contribution in [0.2, 0.25) is 0 Å². The third-order valence-corrected chi connectivity index (χ3v) is 8.38. The average molecular weight is 495 g/mol. The molecule has 8 aromatic rings. The van der Waals surface area contributed by atoms with Gasteiger partial charge in [-0.05, 0) is 95.5 Å². The van der Waals surface area contributed by atoms with Crippen LogP contribution in [0.1, 0.15) is 0 Å². The second-order valence-corrected chi connectivity index (χ2v) is 10.5. The zero-order valence-electron chi connectivity index (χ0n) is 21.1. The fraction of sp³-hybridized carbons (Fsp3) is 0. The summed E-state index contributed by atoms with van der Waals surface area (Å²) in [6.07, 6.45) is 0. The van der Waals surface area contributed by atoms with Crippen molar-refractivity contribution in [3.05, 3.63) is 133 Å². The summed E-state index contributed by atoms with van der Waals surface area (Å²) in [5.74, 6) is 1.84. The number of fused-ring (bicyclic) bond motifs is 8. The highest BCUT2D eigenvalue weighted by Gasteiger charge is 2.22. The van der Waals surface area contributed by atoms with Gasteiger partial charge >= 0.3 is 0 Å². The van der Waals surface area contributed by atoms with Crippen molar-refractivity contribution in [1.29, 1.82) is 0 Å². The molecule has 8 aromatic carbocycles. The molecule has 0 saturated heterocycles. The van der Waals surface area contributed by atoms with E-state index < -0.39 is 0 Å². The maximum absolute atomic E-state index is 6.55. The smallest absolute Gasteiger partial charge is 0.136 e. The van der Waals surface area contributed by atoms with Crippen molar-refractivity contribution in [3.63, 3.8) is 0 Å². The minimum absolute atomic E-state index is 0.908. The normalized spacial score (nSPS) is 12.3. The van der Waals surface area contributed by atoms with E-state index in [4.69, 9.17) is 4.74 Å². The number of rotatable bonds is 1. The zero-order valence-corrected chi connectivity index (χ0v) is 21.1. The molecule has 1 nitrogen and oxygen atoms in total. The minimum Gasteiger partial charge on any atom is -0.456 e. The highest BCUT2D eigenvalue weighted by molar-refractivity contribution is 6.19. The summed E-state index contributed by atoms with van der Waals surface area (Å²) in [6.45, 7) is 0. The van der Waals surface area contributed by atoms with Gasteiger partial charge in [0.15, 0.2) is 0 Å². The van der Waals surface area contributed by atoms with Crippen molar-refractivity contribution in [2.75, 3.05) is 0 Å². The molecule has 0 fully saturated rings. The second-order valence-electron chi connectivity index (χ2n) is 10.5. The molecular formula is C38H22O. The summed E-state index contributed by atoms with van der Waals surface area (Å²) in [5.41, 5.74) is 4.81. The molecule has 1 aliphatic rings. The molecular weight excluding hydrogens is 472 g/mol. The van der Waals surface area contributed by atoms with Crippen LogP contribution in [0.3, 0.4) is 0 Å². The van der Waals surface area contributed by atoms with Crippen molar-refractivity contribution in [2.45, 2.75) is 0 Å². The van der Waals surface area contributed by atoms with Crippen molar-refractivity contribution >= 4 is 53.9 Å². The van der Waals surface area contributed by atoms with E-state index in [1.807, 2.05) is 0 Å². The van der Waals surface area contributed by atoms with Crippen LogP contribution in [-0.2, 0) is 0 Å². The van der Waals surface area contributed by atoms with Gasteiger partial charge in [-0.1, -0.05) is 103 Å². The maximum atomic E-state index is 6.55. The van der Waals surface area contributed by atoms with Crippen LogP contribution in [0.15, 0.2) is 133 Å². The van der Waals surface area contributed by atoms with Gasteiger partial charge in [0.25, 0.3) is 0 Å². The lowest BCUT2D eigenvalue weighted by molar-refractivity contribution is 0.488. The van der Waals surface area contributed by atoms with Crippen molar-refractivity contribution in [3.8, 4) is 33.8 Å². The third-order valence-electron chi connectivity index (χ3n) is 8.38. The van der Waals surface area contributed by atoms with Gasteiger partial charge in [0.1, 0.15) is 11.5 Å². The van der Waals surface area contributed by atoms with E-state index in [0.717, 1.165) is 17.1 Å². The van der Waals surface area contributed by atoms with Gasteiger partial charge in [-0.3, -0.25) is 0 Å². The summed E-state index contributed by atoms with van der Waals surface area (Å²) in [7, 11) is 0. The molecule has 0 atom stereocenters. The summed E-state index contributed by atoms with van der Waals surface area (Å²) in [4.78, 5) is 0. The van der Waals surface area contributed by atoms with Gasteiger partial charge in [-0.15, -0.1) is 0 Å². The van der Waals surface area contributed by atoms with Gasteiger partial charge in [-0.2, -0.15) is 0 Å². The Morgan fingerprint density at radius 3 is 1.95 bits per heavy atom. The van der Waals surface area contributed by atoms with E-state index >= 15 is 0 Å². The van der Waals surface area contributed by atoms with Crippen molar-refractivity contribution in [1.82, 2.24) is 0 Å². The molecule has 0 unspecified atom stereocenters. The minimum atomic E-state index is 0.908. The maximum Gasteiger partial charge on any atom is 0.136 e. The van der Waals surface area contributed by atoms with Crippen LogP contribution >= 0.6 is 0 Å².